The van der Waals surface area contributed by atoms with Gasteiger partial charge in [-0.05, 0) is 18.8 Å². The molecule has 0 aromatic rings. The molecule has 0 rings (SSSR count). The van der Waals surface area contributed by atoms with Crippen molar-refractivity contribution in [2.24, 2.45) is 5.41 Å². The van der Waals surface area contributed by atoms with Crippen molar-refractivity contribution >= 4 is 5.91 Å². The summed E-state index contributed by atoms with van der Waals surface area (Å²) in [6.07, 6.45) is 1.15. The minimum Gasteiger partial charge on any atom is -0.396 e. The SMILES string of the molecule is CC(CCO)NC(=O)CC(C)(C)C. The van der Waals surface area contributed by atoms with Gasteiger partial charge in [0.05, 0.1) is 0 Å². The third-order valence-electron chi connectivity index (χ3n) is 1.66. The van der Waals surface area contributed by atoms with Crippen molar-refractivity contribution in [3.8, 4) is 0 Å². The number of aliphatic hydroxyl groups excluding tert-OH is 1. The summed E-state index contributed by atoms with van der Waals surface area (Å²) in [4.78, 5) is 11.4. The molecule has 0 spiro atoms. The molecule has 0 aliphatic heterocycles. The molecule has 1 unspecified atom stereocenters. The predicted molar refractivity (Wildman–Crippen MR) is 53.4 cm³/mol. The molecule has 3 heteroatoms. The van der Waals surface area contributed by atoms with Crippen molar-refractivity contribution in [1.82, 2.24) is 5.32 Å². The largest absolute Gasteiger partial charge is 0.396 e. The molecule has 0 aromatic heterocycles. The predicted octanol–water partition coefficient (Wildman–Crippen LogP) is 1.31. The summed E-state index contributed by atoms with van der Waals surface area (Å²) in [5.41, 5.74) is 0.0308. The Hall–Kier alpha value is -0.570. The molecule has 0 fully saturated rings. The van der Waals surface area contributed by atoms with Gasteiger partial charge in [0.2, 0.25) is 5.91 Å². The second-order valence-electron chi connectivity index (χ2n) is 4.72. The van der Waals surface area contributed by atoms with E-state index in [1.807, 2.05) is 27.7 Å². The van der Waals surface area contributed by atoms with E-state index in [0.29, 0.717) is 12.8 Å². The van der Waals surface area contributed by atoms with Crippen LogP contribution in [-0.4, -0.2) is 23.7 Å². The van der Waals surface area contributed by atoms with E-state index in [2.05, 4.69) is 5.32 Å². The van der Waals surface area contributed by atoms with Crippen LogP contribution in [0.3, 0.4) is 0 Å². The number of amides is 1. The Kier molecular flexibility index (Phi) is 4.99. The molecular weight excluding hydrogens is 166 g/mol. The number of carbonyl (C=O) groups is 1. The maximum absolute atomic E-state index is 11.4. The van der Waals surface area contributed by atoms with Gasteiger partial charge < -0.3 is 10.4 Å². The van der Waals surface area contributed by atoms with Crippen LogP contribution in [0.15, 0.2) is 0 Å². The smallest absolute Gasteiger partial charge is 0.220 e. The molecular formula is C10H21NO2. The Morgan fingerprint density at radius 3 is 2.38 bits per heavy atom. The maximum Gasteiger partial charge on any atom is 0.220 e. The lowest BCUT2D eigenvalue weighted by atomic mass is 9.92. The standard InChI is InChI=1S/C10H21NO2/c1-8(5-6-12)11-9(13)7-10(2,3)4/h8,12H,5-7H2,1-4H3,(H,11,13). The van der Waals surface area contributed by atoms with Crippen LogP contribution in [0, 0.1) is 5.41 Å². The highest BCUT2D eigenvalue weighted by Gasteiger charge is 2.16. The zero-order valence-electron chi connectivity index (χ0n) is 9.05. The molecule has 2 N–H and O–H groups in total. The third kappa shape index (κ3) is 7.78. The quantitative estimate of drug-likeness (QED) is 0.697. The molecule has 13 heavy (non-hydrogen) atoms. The van der Waals surface area contributed by atoms with Gasteiger partial charge in [0.15, 0.2) is 0 Å². The molecule has 1 amide bonds. The van der Waals surface area contributed by atoms with Gasteiger partial charge in [-0.15, -0.1) is 0 Å². The first-order valence-electron chi connectivity index (χ1n) is 4.75. The summed E-state index contributed by atoms with van der Waals surface area (Å²) in [7, 11) is 0. The topological polar surface area (TPSA) is 49.3 Å². The van der Waals surface area contributed by atoms with Crippen LogP contribution in [-0.2, 0) is 4.79 Å². The minimum absolute atomic E-state index is 0.0308. The third-order valence-corrected chi connectivity index (χ3v) is 1.66. The number of hydrogen-bond donors (Lipinski definition) is 2. The van der Waals surface area contributed by atoms with Crippen molar-refractivity contribution in [3.63, 3.8) is 0 Å². The van der Waals surface area contributed by atoms with E-state index in [4.69, 9.17) is 5.11 Å². The van der Waals surface area contributed by atoms with Crippen LogP contribution in [0.5, 0.6) is 0 Å². The Morgan fingerprint density at radius 2 is 2.00 bits per heavy atom. The number of hydrogen-bond acceptors (Lipinski definition) is 2. The fourth-order valence-corrected chi connectivity index (χ4v) is 1.07. The average Bonchev–Trinajstić information content (AvgIpc) is 1.81. The van der Waals surface area contributed by atoms with Gasteiger partial charge in [-0.2, -0.15) is 0 Å². The normalized spacial score (nSPS) is 13.9. The van der Waals surface area contributed by atoms with Crippen molar-refractivity contribution in [3.05, 3.63) is 0 Å². The Labute approximate surface area is 80.5 Å². The van der Waals surface area contributed by atoms with Crippen LogP contribution in [0.1, 0.15) is 40.5 Å². The van der Waals surface area contributed by atoms with Crippen LogP contribution in [0.25, 0.3) is 0 Å². The first-order chi connectivity index (χ1) is 5.85. The highest BCUT2D eigenvalue weighted by Crippen LogP contribution is 2.17. The summed E-state index contributed by atoms with van der Waals surface area (Å²) in [5.74, 6) is 0.0634. The Balaban J connectivity index is 3.74. The van der Waals surface area contributed by atoms with E-state index in [0.717, 1.165) is 0 Å². The molecule has 0 saturated carbocycles. The fraction of sp³-hybridized carbons (Fsp3) is 0.900. The van der Waals surface area contributed by atoms with E-state index in [1.165, 1.54) is 0 Å². The number of rotatable bonds is 4. The fourth-order valence-electron chi connectivity index (χ4n) is 1.07. The molecule has 0 aliphatic carbocycles. The second kappa shape index (κ2) is 5.22. The molecule has 1 atom stereocenters. The molecule has 0 aliphatic rings. The van der Waals surface area contributed by atoms with Gasteiger partial charge in [-0.3, -0.25) is 4.79 Å². The van der Waals surface area contributed by atoms with Crippen molar-refractivity contribution in [2.75, 3.05) is 6.61 Å². The van der Waals surface area contributed by atoms with E-state index in [-0.39, 0.29) is 24.0 Å². The zero-order chi connectivity index (χ0) is 10.5. The van der Waals surface area contributed by atoms with E-state index < -0.39 is 0 Å². The van der Waals surface area contributed by atoms with Gasteiger partial charge in [0, 0.05) is 19.1 Å². The molecule has 0 heterocycles. The molecule has 0 bridgehead atoms. The van der Waals surface area contributed by atoms with E-state index >= 15 is 0 Å². The molecule has 0 aromatic carbocycles. The minimum atomic E-state index is 0.0308. The first-order valence-corrected chi connectivity index (χ1v) is 4.75. The van der Waals surface area contributed by atoms with Gasteiger partial charge >= 0.3 is 0 Å². The first kappa shape index (κ1) is 12.4. The van der Waals surface area contributed by atoms with Crippen molar-refractivity contribution in [1.29, 1.82) is 0 Å². The summed E-state index contributed by atoms with van der Waals surface area (Å²) in [5, 5.41) is 11.5. The number of aliphatic hydroxyl groups is 1. The van der Waals surface area contributed by atoms with Crippen LogP contribution >= 0.6 is 0 Å². The van der Waals surface area contributed by atoms with Crippen LogP contribution in [0.4, 0.5) is 0 Å². The lowest BCUT2D eigenvalue weighted by molar-refractivity contribution is -0.123. The number of nitrogens with one attached hydrogen (secondary N) is 1. The number of carbonyl (C=O) groups excluding carboxylic acids is 1. The van der Waals surface area contributed by atoms with Crippen molar-refractivity contribution < 1.29 is 9.90 Å². The van der Waals surface area contributed by atoms with Crippen molar-refractivity contribution in [2.45, 2.75) is 46.6 Å². The highest BCUT2D eigenvalue weighted by atomic mass is 16.3. The summed E-state index contributed by atoms with van der Waals surface area (Å²) < 4.78 is 0. The summed E-state index contributed by atoms with van der Waals surface area (Å²) >= 11 is 0. The molecule has 78 valence electrons. The summed E-state index contributed by atoms with van der Waals surface area (Å²) in [6.45, 7) is 8.11. The lowest BCUT2D eigenvalue weighted by Gasteiger charge is -2.19. The second-order valence-corrected chi connectivity index (χ2v) is 4.72. The molecule has 0 saturated heterocycles. The highest BCUT2D eigenvalue weighted by molar-refractivity contribution is 5.76. The van der Waals surface area contributed by atoms with E-state index in [1.54, 1.807) is 0 Å². The van der Waals surface area contributed by atoms with Crippen LogP contribution in [0.2, 0.25) is 0 Å². The maximum atomic E-state index is 11.4. The molecule has 0 radical (unpaired) electrons. The summed E-state index contributed by atoms with van der Waals surface area (Å²) in [6, 6.07) is 0.0693. The Morgan fingerprint density at radius 1 is 1.46 bits per heavy atom. The van der Waals surface area contributed by atoms with Gasteiger partial charge in [-0.1, -0.05) is 20.8 Å². The monoisotopic (exact) mass is 187 g/mol. The van der Waals surface area contributed by atoms with Crippen LogP contribution < -0.4 is 5.32 Å². The van der Waals surface area contributed by atoms with E-state index in [9.17, 15) is 4.79 Å². The average molecular weight is 187 g/mol. The zero-order valence-corrected chi connectivity index (χ0v) is 9.05. The lowest BCUT2D eigenvalue weighted by Crippen LogP contribution is -2.35. The van der Waals surface area contributed by atoms with Gasteiger partial charge in [0.1, 0.15) is 0 Å². The Bertz CT molecular complexity index is 161. The van der Waals surface area contributed by atoms with Gasteiger partial charge in [-0.25, -0.2) is 0 Å². The molecule has 3 nitrogen and oxygen atoms in total. The van der Waals surface area contributed by atoms with Gasteiger partial charge in [0.25, 0.3) is 0 Å².